The molecule has 54 heavy (non-hydrogen) atoms. The summed E-state index contributed by atoms with van der Waals surface area (Å²) in [6, 6.07) is 15.1. The molecule has 8 fully saturated rings. The van der Waals surface area contributed by atoms with Gasteiger partial charge in [-0.15, -0.1) is 0 Å². The number of hydrogen-bond acceptors (Lipinski definition) is 13. The van der Waals surface area contributed by atoms with E-state index in [4.69, 9.17) is 23.7 Å². The largest absolute Gasteiger partial charge is 0.461 e. The summed E-state index contributed by atoms with van der Waals surface area (Å²) in [5.74, 6) is -6.72. The second kappa shape index (κ2) is 12.3. The molecule has 2 aromatic carbocycles. The lowest BCUT2D eigenvalue weighted by molar-refractivity contribution is -0.301. The van der Waals surface area contributed by atoms with Gasteiger partial charge in [-0.25, -0.2) is 9.59 Å². The van der Waals surface area contributed by atoms with Gasteiger partial charge in [0, 0.05) is 61.4 Å². The lowest BCUT2D eigenvalue weighted by Gasteiger charge is -2.70. The van der Waals surface area contributed by atoms with E-state index in [0.29, 0.717) is 17.4 Å². The van der Waals surface area contributed by atoms with Gasteiger partial charge >= 0.3 is 29.8 Å². The number of aliphatic hydroxyl groups excluding tert-OH is 1. The summed E-state index contributed by atoms with van der Waals surface area (Å²) >= 11 is 0. The van der Waals surface area contributed by atoms with Crippen molar-refractivity contribution in [3.8, 4) is 0 Å². The Bertz CT molecular complexity index is 1950. The van der Waals surface area contributed by atoms with Crippen LogP contribution in [0.4, 0.5) is 0 Å². The SMILES string of the molecule is C=C1C[C@]23[C@@H]4[C@@H](OC(=O)c5ccccc5)[C@H]1[C@@H](OC(C)=O)[C@H]2[C@]12[C@H](OC(C)=O)[C@@H](OC(=O)c5ccccc5)[C@@H](OC(C)=O)[C@@](C)(C=O)[C@H]1[C@H]([C@H]3O)N(C)[C@H]42. The molecule has 1 N–H and O–H groups in total. The fourth-order valence-electron chi connectivity index (χ4n) is 12.7. The Morgan fingerprint density at radius 2 is 1.28 bits per heavy atom. The zero-order valence-corrected chi connectivity index (χ0v) is 30.6. The minimum Gasteiger partial charge on any atom is -0.461 e. The van der Waals surface area contributed by atoms with E-state index in [1.165, 1.54) is 20.8 Å². The van der Waals surface area contributed by atoms with Crippen LogP contribution in [0.3, 0.4) is 0 Å². The molecule has 0 unspecified atom stereocenters. The van der Waals surface area contributed by atoms with Crippen molar-refractivity contribution in [2.24, 2.45) is 39.9 Å². The van der Waals surface area contributed by atoms with Gasteiger partial charge in [-0.1, -0.05) is 48.6 Å². The van der Waals surface area contributed by atoms with Crippen molar-refractivity contribution in [3.05, 3.63) is 83.9 Å². The number of ether oxygens (including phenoxy) is 5. The zero-order valence-electron chi connectivity index (χ0n) is 30.6. The maximum absolute atomic E-state index is 14.0. The van der Waals surface area contributed by atoms with E-state index in [1.807, 2.05) is 4.90 Å². The third kappa shape index (κ3) is 4.51. The van der Waals surface area contributed by atoms with Crippen molar-refractivity contribution < 1.29 is 57.6 Å². The third-order valence-electron chi connectivity index (χ3n) is 13.7. The summed E-state index contributed by atoms with van der Waals surface area (Å²) in [4.78, 5) is 83.0. The molecule has 7 bridgehead atoms. The molecule has 284 valence electrons. The molecule has 6 aliphatic carbocycles. The summed E-state index contributed by atoms with van der Waals surface area (Å²) < 4.78 is 31.3. The normalized spacial score (nSPS) is 42.1. The van der Waals surface area contributed by atoms with Crippen molar-refractivity contribution in [2.75, 3.05) is 7.05 Å². The monoisotopic (exact) mass is 741 g/mol. The Morgan fingerprint density at radius 1 is 0.759 bits per heavy atom. The smallest absolute Gasteiger partial charge is 0.338 e. The molecule has 13 heteroatoms. The van der Waals surface area contributed by atoms with E-state index in [1.54, 1.807) is 74.6 Å². The standard InChI is InChI=1S/C41H43NO12/c1-19-17-40-26-28(53-37(48)23-13-9-7-10-14-23)25(19)29(50-20(2)44)32(40)41-31(27(34(40)47)42(6)33(26)41)39(5,18-43)35(51-21(3)45)30(36(41)52-22(4)46)54-38(49)24-15-11-8-12-16-24/h7-16,18,25-36,47H,1,17H2,2-6H3/t25-,26+,27+,28-,29+,30-,31+,32+,33+,34+,35+,36+,39-,40-,41+/m0/s1. The minimum atomic E-state index is -1.66. The summed E-state index contributed by atoms with van der Waals surface area (Å²) in [7, 11) is 1.80. The second-order valence-electron chi connectivity index (χ2n) is 16.1. The van der Waals surface area contributed by atoms with Crippen LogP contribution in [0, 0.1) is 39.9 Å². The molecule has 8 aliphatic rings. The molecule has 2 aromatic rings. The Hall–Kier alpha value is -4.88. The molecule has 6 saturated carbocycles. The molecule has 15 atom stereocenters. The number of carbonyl (C=O) groups is 6. The first-order valence-electron chi connectivity index (χ1n) is 18.2. The molecule has 13 nitrogen and oxygen atoms in total. The summed E-state index contributed by atoms with van der Waals surface area (Å²) in [6.45, 7) is 9.63. The Kier molecular flexibility index (Phi) is 8.24. The molecule has 2 heterocycles. The van der Waals surface area contributed by atoms with Crippen molar-refractivity contribution in [3.63, 3.8) is 0 Å². The van der Waals surface area contributed by atoms with Gasteiger partial charge in [0.25, 0.3) is 0 Å². The van der Waals surface area contributed by atoms with E-state index in [2.05, 4.69) is 6.58 Å². The molecule has 0 radical (unpaired) electrons. The number of esters is 5. The minimum absolute atomic E-state index is 0.163. The maximum Gasteiger partial charge on any atom is 0.338 e. The lowest BCUT2D eigenvalue weighted by atomic mass is 9.37. The highest BCUT2D eigenvalue weighted by atomic mass is 16.6. The van der Waals surface area contributed by atoms with Gasteiger partial charge in [-0.3, -0.25) is 19.3 Å². The van der Waals surface area contributed by atoms with Gasteiger partial charge in [-0.05, 0) is 44.7 Å². The van der Waals surface area contributed by atoms with E-state index < -0.39 is 118 Å². The number of benzene rings is 2. The lowest BCUT2D eigenvalue weighted by Crippen LogP contribution is -2.79. The van der Waals surface area contributed by atoms with Crippen LogP contribution in [0.2, 0.25) is 0 Å². The number of carbonyl (C=O) groups excluding carboxylic acids is 6. The molecule has 2 aliphatic heterocycles. The van der Waals surface area contributed by atoms with Gasteiger partial charge in [0.2, 0.25) is 0 Å². The quantitative estimate of drug-likeness (QED) is 0.181. The first-order chi connectivity index (χ1) is 25.7. The zero-order chi connectivity index (χ0) is 38.6. The Labute approximate surface area is 311 Å². The number of aliphatic hydroxyl groups is 1. The van der Waals surface area contributed by atoms with Gasteiger partial charge in [0.05, 0.1) is 28.6 Å². The summed E-state index contributed by atoms with van der Waals surface area (Å²) in [6.07, 6.45) is -6.72. The topological polar surface area (TPSA) is 172 Å². The highest BCUT2D eigenvalue weighted by Gasteiger charge is 2.95. The Morgan fingerprint density at radius 3 is 1.80 bits per heavy atom. The fourth-order valence-corrected chi connectivity index (χ4v) is 12.7. The summed E-state index contributed by atoms with van der Waals surface area (Å²) in [5.41, 5.74) is -3.13. The number of hydrogen-bond donors (Lipinski definition) is 1. The average molecular weight is 742 g/mol. The second-order valence-corrected chi connectivity index (χ2v) is 16.1. The summed E-state index contributed by atoms with van der Waals surface area (Å²) in [5, 5.41) is 12.9. The molecular weight excluding hydrogens is 698 g/mol. The molecular formula is C41H43NO12. The third-order valence-corrected chi connectivity index (χ3v) is 13.7. The first kappa shape index (κ1) is 36.1. The molecule has 2 saturated heterocycles. The fraction of sp³-hybridized carbons (Fsp3) is 0.512. The maximum atomic E-state index is 14.0. The predicted molar refractivity (Wildman–Crippen MR) is 186 cm³/mol. The average Bonchev–Trinajstić information content (AvgIpc) is 3.46. The van der Waals surface area contributed by atoms with Crippen molar-refractivity contribution in [2.45, 2.75) is 82.8 Å². The van der Waals surface area contributed by atoms with Crippen LogP contribution in [0.5, 0.6) is 0 Å². The van der Waals surface area contributed by atoms with Crippen LogP contribution >= 0.6 is 0 Å². The van der Waals surface area contributed by atoms with Gasteiger partial charge in [0.1, 0.15) is 18.5 Å². The van der Waals surface area contributed by atoms with E-state index in [0.717, 1.165) is 0 Å². The van der Waals surface area contributed by atoms with Crippen LogP contribution in [-0.4, -0.2) is 102 Å². The predicted octanol–water partition coefficient (Wildman–Crippen LogP) is 2.93. The van der Waals surface area contributed by atoms with Crippen LogP contribution in [0.1, 0.15) is 54.8 Å². The van der Waals surface area contributed by atoms with Gasteiger partial charge < -0.3 is 33.6 Å². The van der Waals surface area contributed by atoms with Crippen molar-refractivity contribution >= 4 is 36.1 Å². The number of rotatable bonds is 8. The molecule has 0 aromatic heterocycles. The number of aldehydes is 1. The highest BCUT2D eigenvalue weighted by Crippen LogP contribution is 2.85. The highest BCUT2D eigenvalue weighted by molar-refractivity contribution is 5.90. The van der Waals surface area contributed by atoms with Gasteiger partial charge in [-0.2, -0.15) is 0 Å². The van der Waals surface area contributed by atoms with Gasteiger partial charge in [0.15, 0.2) is 18.3 Å². The van der Waals surface area contributed by atoms with Crippen LogP contribution in [0.25, 0.3) is 0 Å². The van der Waals surface area contributed by atoms with E-state index in [9.17, 15) is 33.9 Å². The van der Waals surface area contributed by atoms with E-state index in [-0.39, 0.29) is 12.0 Å². The van der Waals surface area contributed by atoms with Crippen LogP contribution in [-0.2, 0) is 42.9 Å². The number of nitrogens with zero attached hydrogens (tertiary/aromatic N) is 1. The van der Waals surface area contributed by atoms with Crippen molar-refractivity contribution in [1.82, 2.24) is 4.90 Å². The number of piperidine rings is 1. The first-order valence-corrected chi connectivity index (χ1v) is 18.2. The van der Waals surface area contributed by atoms with Crippen LogP contribution in [0.15, 0.2) is 72.8 Å². The number of likely N-dealkylation sites (N-methyl/N-ethyl adjacent to an activating group) is 1. The Balaban J connectivity index is 1.39. The molecule has 10 rings (SSSR count). The van der Waals surface area contributed by atoms with Crippen LogP contribution < -0.4 is 0 Å². The molecule has 2 spiro atoms. The molecule has 0 amide bonds. The number of fused-ring (bicyclic) bond motifs is 1. The van der Waals surface area contributed by atoms with Crippen molar-refractivity contribution in [1.29, 1.82) is 0 Å². The van der Waals surface area contributed by atoms with E-state index >= 15 is 0 Å².